The maximum atomic E-state index is 11.1. The number of carbonyl (C=O) groups excluding carboxylic acids is 1. The Morgan fingerprint density at radius 2 is 2.07 bits per heavy atom. The Morgan fingerprint density at radius 1 is 1.22 bits per heavy atom. The number of hydrogen-bond acceptors (Lipinski definition) is 4. The van der Waals surface area contributed by atoms with Crippen molar-refractivity contribution in [3.8, 4) is 0 Å². The molecule has 1 atom stereocenters. The first kappa shape index (κ1) is 17.7. The second-order valence-corrected chi connectivity index (χ2v) is 7.17. The van der Waals surface area contributed by atoms with Crippen molar-refractivity contribution in [3.63, 3.8) is 0 Å². The molecule has 1 aromatic carbocycles. The second kappa shape index (κ2) is 7.88. The van der Waals surface area contributed by atoms with Crippen LogP contribution in [-0.2, 0) is 17.9 Å². The van der Waals surface area contributed by atoms with Gasteiger partial charge in [0.25, 0.3) is 0 Å². The molecule has 0 aliphatic carbocycles. The van der Waals surface area contributed by atoms with Gasteiger partial charge in [0.2, 0.25) is 5.91 Å². The number of pyridine rings is 1. The minimum Gasteiger partial charge on any atom is -0.354 e. The number of amides is 1. The third kappa shape index (κ3) is 4.01. The van der Waals surface area contributed by atoms with E-state index in [2.05, 4.69) is 51.6 Å². The second-order valence-electron chi connectivity index (χ2n) is 7.17. The maximum absolute atomic E-state index is 11.1. The third-order valence-electron chi connectivity index (χ3n) is 5.14. The SMILES string of the molecule is CC(=O)NCCn1nc([C@@H]2CCN(Cc3ccccc3)C2)c2cccnc21. The number of carbonyl (C=O) groups is 1. The zero-order valence-electron chi connectivity index (χ0n) is 15.6. The highest BCUT2D eigenvalue weighted by Crippen LogP contribution is 2.31. The number of rotatable bonds is 6. The Hall–Kier alpha value is -2.73. The zero-order valence-corrected chi connectivity index (χ0v) is 15.6. The summed E-state index contributed by atoms with van der Waals surface area (Å²) >= 11 is 0. The van der Waals surface area contributed by atoms with Crippen molar-refractivity contribution >= 4 is 16.9 Å². The summed E-state index contributed by atoms with van der Waals surface area (Å²) in [5.74, 6) is 0.398. The molecule has 1 aliphatic rings. The van der Waals surface area contributed by atoms with Gasteiger partial charge in [-0.05, 0) is 30.7 Å². The molecule has 1 fully saturated rings. The summed E-state index contributed by atoms with van der Waals surface area (Å²) in [4.78, 5) is 18.2. The summed E-state index contributed by atoms with van der Waals surface area (Å²) in [6.07, 6.45) is 2.92. The van der Waals surface area contributed by atoms with E-state index in [9.17, 15) is 4.79 Å². The smallest absolute Gasteiger partial charge is 0.216 e. The van der Waals surface area contributed by atoms with Crippen molar-refractivity contribution in [1.82, 2.24) is 25.0 Å². The molecule has 1 saturated heterocycles. The van der Waals surface area contributed by atoms with E-state index >= 15 is 0 Å². The highest BCUT2D eigenvalue weighted by Gasteiger charge is 2.28. The standard InChI is InChI=1S/C21H25N5O/c1-16(27)22-11-13-26-21-19(8-5-10-23-21)20(24-26)18-9-12-25(15-18)14-17-6-3-2-4-7-17/h2-8,10,18H,9,11-15H2,1H3,(H,22,27)/t18-/m1/s1. The fraction of sp³-hybridized carbons (Fsp3) is 0.381. The molecule has 140 valence electrons. The van der Waals surface area contributed by atoms with Gasteiger partial charge in [-0.3, -0.25) is 9.69 Å². The molecule has 0 bridgehead atoms. The van der Waals surface area contributed by atoms with Gasteiger partial charge in [0, 0.05) is 44.1 Å². The van der Waals surface area contributed by atoms with E-state index in [1.54, 1.807) is 6.20 Å². The van der Waals surface area contributed by atoms with Crippen LogP contribution in [0.2, 0.25) is 0 Å². The number of nitrogens with one attached hydrogen (secondary N) is 1. The summed E-state index contributed by atoms with van der Waals surface area (Å²) < 4.78 is 1.93. The molecule has 6 nitrogen and oxygen atoms in total. The van der Waals surface area contributed by atoms with E-state index in [4.69, 9.17) is 5.10 Å². The quantitative estimate of drug-likeness (QED) is 0.731. The van der Waals surface area contributed by atoms with Gasteiger partial charge >= 0.3 is 0 Å². The Bertz CT molecular complexity index is 921. The normalized spacial score (nSPS) is 17.4. The first-order valence-electron chi connectivity index (χ1n) is 9.53. The third-order valence-corrected chi connectivity index (χ3v) is 5.14. The summed E-state index contributed by atoms with van der Waals surface area (Å²) in [6, 6.07) is 14.7. The molecule has 0 radical (unpaired) electrons. The van der Waals surface area contributed by atoms with Crippen LogP contribution < -0.4 is 5.32 Å². The van der Waals surface area contributed by atoms with Crippen LogP contribution in [0.3, 0.4) is 0 Å². The fourth-order valence-electron chi connectivity index (χ4n) is 3.87. The van der Waals surface area contributed by atoms with Crippen molar-refractivity contribution in [1.29, 1.82) is 0 Å². The lowest BCUT2D eigenvalue weighted by atomic mass is 10.0. The summed E-state index contributed by atoms with van der Waals surface area (Å²) in [6.45, 7) is 5.81. The molecule has 6 heteroatoms. The molecule has 27 heavy (non-hydrogen) atoms. The topological polar surface area (TPSA) is 63.1 Å². The Balaban J connectivity index is 1.51. The predicted molar refractivity (Wildman–Crippen MR) is 105 cm³/mol. The van der Waals surface area contributed by atoms with Crippen LogP contribution in [0.1, 0.15) is 30.5 Å². The fourth-order valence-corrected chi connectivity index (χ4v) is 3.87. The van der Waals surface area contributed by atoms with Gasteiger partial charge in [0.05, 0.1) is 12.2 Å². The number of nitrogens with zero attached hydrogens (tertiary/aromatic N) is 4. The van der Waals surface area contributed by atoms with Gasteiger partial charge in [-0.2, -0.15) is 5.10 Å². The molecule has 1 amide bonds. The van der Waals surface area contributed by atoms with E-state index in [0.29, 0.717) is 19.0 Å². The Kier molecular flexibility index (Phi) is 5.16. The lowest BCUT2D eigenvalue weighted by Crippen LogP contribution is -2.25. The van der Waals surface area contributed by atoms with Crippen LogP contribution in [0.4, 0.5) is 0 Å². The molecule has 2 aromatic heterocycles. The van der Waals surface area contributed by atoms with Gasteiger partial charge in [-0.25, -0.2) is 9.67 Å². The molecule has 3 aromatic rings. The average molecular weight is 363 g/mol. The van der Waals surface area contributed by atoms with Gasteiger partial charge in [-0.1, -0.05) is 30.3 Å². The number of aromatic nitrogens is 3. The average Bonchev–Trinajstić information content (AvgIpc) is 3.27. The Labute approximate surface area is 159 Å². The first-order valence-corrected chi connectivity index (χ1v) is 9.53. The number of fused-ring (bicyclic) bond motifs is 1. The van der Waals surface area contributed by atoms with Crippen LogP contribution in [0.15, 0.2) is 48.7 Å². The van der Waals surface area contributed by atoms with Crippen molar-refractivity contribution in [3.05, 3.63) is 59.9 Å². The molecule has 1 aliphatic heterocycles. The highest BCUT2D eigenvalue weighted by molar-refractivity contribution is 5.79. The van der Waals surface area contributed by atoms with Crippen LogP contribution >= 0.6 is 0 Å². The monoisotopic (exact) mass is 363 g/mol. The lowest BCUT2D eigenvalue weighted by Gasteiger charge is -2.15. The lowest BCUT2D eigenvalue weighted by molar-refractivity contribution is -0.118. The molecule has 1 N–H and O–H groups in total. The minimum atomic E-state index is -0.0213. The zero-order chi connectivity index (χ0) is 18.6. The highest BCUT2D eigenvalue weighted by atomic mass is 16.1. The van der Waals surface area contributed by atoms with Crippen molar-refractivity contribution in [2.45, 2.75) is 32.4 Å². The minimum absolute atomic E-state index is 0.0213. The van der Waals surface area contributed by atoms with Crippen LogP contribution in [-0.4, -0.2) is 45.2 Å². The molecule has 0 saturated carbocycles. The molecule has 3 heterocycles. The van der Waals surface area contributed by atoms with Crippen LogP contribution in [0.25, 0.3) is 11.0 Å². The van der Waals surface area contributed by atoms with Gasteiger partial charge < -0.3 is 5.32 Å². The molecule has 0 unspecified atom stereocenters. The summed E-state index contributed by atoms with van der Waals surface area (Å²) in [7, 11) is 0. The maximum Gasteiger partial charge on any atom is 0.216 e. The summed E-state index contributed by atoms with van der Waals surface area (Å²) in [5.41, 5.74) is 3.39. The van der Waals surface area contributed by atoms with Crippen molar-refractivity contribution < 1.29 is 4.79 Å². The molecular formula is C21H25N5O. The number of benzene rings is 1. The van der Waals surface area contributed by atoms with Gasteiger partial charge in [-0.15, -0.1) is 0 Å². The van der Waals surface area contributed by atoms with E-state index in [1.165, 1.54) is 12.5 Å². The Morgan fingerprint density at radius 3 is 2.89 bits per heavy atom. The van der Waals surface area contributed by atoms with E-state index in [-0.39, 0.29) is 5.91 Å². The van der Waals surface area contributed by atoms with E-state index in [1.807, 2.05) is 10.7 Å². The van der Waals surface area contributed by atoms with Gasteiger partial charge in [0.1, 0.15) is 0 Å². The first-order chi connectivity index (χ1) is 13.2. The molecule has 0 spiro atoms. The van der Waals surface area contributed by atoms with E-state index in [0.717, 1.165) is 42.8 Å². The number of likely N-dealkylation sites (tertiary alicyclic amines) is 1. The van der Waals surface area contributed by atoms with Gasteiger partial charge in [0.15, 0.2) is 5.65 Å². The largest absolute Gasteiger partial charge is 0.354 e. The van der Waals surface area contributed by atoms with Crippen molar-refractivity contribution in [2.24, 2.45) is 0 Å². The van der Waals surface area contributed by atoms with Crippen LogP contribution in [0, 0.1) is 0 Å². The summed E-state index contributed by atoms with van der Waals surface area (Å²) in [5, 5.41) is 8.85. The van der Waals surface area contributed by atoms with E-state index < -0.39 is 0 Å². The predicted octanol–water partition coefficient (Wildman–Crippen LogP) is 2.56. The van der Waals surface area contributed by atoms with Crippen molar-refractivity contribution in [2.75, 3.05) is 19.6 Å². The molecule has 4 rings (SSSR count). The van der Waals surface area contributed by atoms with Crippen LogP contribution in [0.5, 0.6) is 0 Å². The number of hydrogen-bond donors (Lipinski definition) is 1. The molecular weight excluding hydrogens is 338 g/mol.